The first kappa shape index (κ1) is 19.4. The first-order chi connectivity index (χ1) is 15.0. The molecule has 0 unspecified atom stereocenters. The lowest BCUT2D eigenvalue weighted by atomic mass is 10.2. The number of hydrogen-bond donors (Lipinski definition) is 0. The Bertz CT molecular complexity index is 1430. The Morgan fingerprint density at radius 1 is 0.968 bits per heavy atom. The molecular weight excluding hydrogens is 414 g/mol. The lowest BCUT2D eigenvalue weighted by Gasteiger charge is -2.34. The predicted molar refractivity (Wildman–Crippen MR) is 115 cm³/mol. The highest BCUT2D eigenvalue weighted by atomic mass is 32.2. The van der Waals surface area contributed by atoms with Crippen molar-refractivity contribution in [1.82, 2.24) is 23.9 Å². The van der Waals surface area contributed by atoms with E-state index in [9.17, 15) is 8.42 Å². The molecule has 0 saturated carbocycles. The van der Waals surface area contributed by atoms with Gasteiger partial charge in [0.2, 0.25) is 16.0 Å². The number of sulfonamides is 1. The second kappa shape index (κ2) is 7.30. The van der Waals surface area contributed by atoms with Gasteiger partial charge in [-0.25, -0.2) is 18.4 Å². The third-order valence-corrected chi connectivity index (χ3v) is 7.32. The molecule has 2 aromatic carbocycles. The second-order valence-electron chi connectivity index (χ2n) is 7.35. The summed E-state index contributed by atoms with van der Waals surface area (Å²) in [6.45, 7) is 3.45. The number of fused-ring (bicyclic) bond motifs is 3. The highest BCUT2D eigenvalue weighted by molar-refractivity contribution is 7.89. The van der Waals surface area contributed by atoms with Gasteiger partial charge in [-0.05, 0) is 43.3 Å². The number of benzene rings is 2. The third kappa shape index (κ3) is 3.28. The molecule has 1 fully saturated rings. The number of para-hydroxylation sites is 1. The molecule has 0 spiro atoms. The van der Waals surface area contributed by atoms with Gasteiger partial charge >= 0.3 is 0 Å². The van der Waals surface area contributed by atoms with Crippen LogP contribution in [0.5, 0.6) is 0 Å². The highest BCUT2D eigenvalue weighted by Crippen LogP contribution is 2.25. The van der Waals surface area contributed by atoms with Crippen LogP contribution >= 0.6 is 0 Å². The molecule has 0 N–H and O–H groups in total. The summed E-state index contributed by atoms with van der Waals surface area (Å²) in [6.07, 6.45) is 0. The minimum Gasteiger partial charge on any atom is -0.338 e. The molecule has 0 radical (unpaired) electrons. The summed E-state index contributed by atoms with van der Waals surface area (Å²) < 4.78 is 29.2. The maximum absolute atomic E-state index is 13.0. The molecule has 1 aliphatic heterocycles. The summed E-state index contributed by atoms with van der Waals surface area (Å²) in [5.74, 6) is 1.31. The van der Waals surface area contributed by atoms with Crippen LogP contribution < -0.4 is 4.90 Å². The lowest BCUT2D eigenvalue weighted by Crippen LogP contribution is -2.49. The molecule has 1 aliphatic rings. The fourth-order valence-corrected chi connectivity index (χ4v) is 5.25. The van der Waals surface area contributed by atoms with Crippen molar-refractivity contribution in [1.29, 1.82) is 5.26 Å². The first-order valence-corrected chi connectivity index (χ1v) is 11.3. The van der Waals surface area contributed by atoms with Crippen LogP contribution in [-0.4, -0.2) is 58.5 Å². The molecule has 3 heterocycles. The first-order valence-electron chi connectivity index (χ1n) is 9.85. The summed E-state index contributed by atoms with van der Waals surface area (Å²) >= 11 is 0. The SMILES string of the molecule is Cc1nc2c3ccccc3nc(N3CCN(S(=O)(=O)c4ccc(C#N)cc4)CC3)n2n1. The normalized spacial score (nSPS) is 15.4. The van der Waals surface area contributed by atoms with Crippen molar-refractivity contribution in [3.05, 3.63) is 59.9 Å². The van der Waals surface area contributed by atoms with E-state index in [0.29, 0.717) is 43.5 Å². The molecule has 1 saturated heterocycles. The van der Waals surface area contributed by atoms with Gasteiger partial charge in [0.05, 0.1) is 22.0 Å². The standard InChI is InChI=1S/C21H19N7O2S/c1-15-23-20-18-4-2-3-5-19(18)24-21(28(20)25-15)26-10-12-27(13-11-26)31(29,30)17-8-6-16(14-22)7-9-17/h2-9H,10-13H2,1H3. The molecule has 5 rings (SSSR count). The van der Waals surface area contributed by atoms with Crippen molar-refractivity contribution in [2.24, 2.45) is 0 Å². The number of hydrogen-bond acceptors (Lipinski definition) is 7. The van der Waals surface area contributed by atoms with Crippen LogP contribution in [0.15, 0.2) is 53.4 Å². The van der Waals surface area contributed by atoms with Gasteiger partial charge < -0.3 is 4.90 Å². The van der Waals surface area contributed by atoms with Crippen molar-refractivity contribution in [3.63, 3.8) is 0 Å². The van der Waals surface area contributed by atoms with E-state index < -0.39 is 10.0 Å². The number of nitriles is 1. The van der Waals surface area contributed by atoms with E-state index in [1.54, 1.807) is 4.52 Å². The minimum absolute atomic E-state index is 0.193. The van der Waals surface area contributed by atoms with Crippen molar-refractivity contribution in [3.8, 4) is 6.07 Å². The molecule has 9 nitrogen and oxygen atoms in total. The molecule has 0 aliphatic carbocycles. The molecule has 10 heteroatoms. The van der Waals surface area contributed by atoms with Crippen LogP contribution in [0.3, 0.4) is 0 Å². The average Bonchev–Trinajstić information content (AvgIpc) is 3.20. The smallest absolute Gasteiger partial charge is 0.243 e. The van der Waals surface area contributed by atoms with Crippen LogP contribution in [-0.2, 0) is 10.0 Å². The zero-order valence-electron chi connectivity index (χ0n) is 16.8. The van der Waals surface area contributed by atoms with Crippen molar-refractivity contribution >= 4 is 32.5 Å². The van der Waals surface area contributed by atoms with E-state index in [-0.39, 0.29) is 4.90 Å². The van der Waals surface area contributed by atoms with Gasteiger partial charge in [0.1, 0.15) is 5.82 Å². The number of aryl methyl sites for hydroxylation is 1. The van der Waals surface area contributed by atoms with Gasteiger partial charge in [0.15, 0.2) is 5.65 Å². The van der Waals surface area contributed by atoms with Gasteiger partial charge in [-0.1, -0.05) is 12.1 Å². The van der Waals surface area contributed by atoms with Crippen LogP contribution in [0.1, 0.15) is 11.4 Å². The highest BCUT2D eigenvalue weighted by Gasteiger charge is 2.30. The molecule has 156 valence electrons. The van der Waals surface area contributed by atoms with E-state index in [0.717, 1.165) is 16.6 Å². The maximum atomic E-state index is 13.0. The number of piperazine rings is 1. The van der Waals surface area contributed by atoms with Gasteiger partial charge in [-0.2, -0.15) is 14.1 Å². The third-order valence-electron chi connectivity index (χ3n) is 5.41. The van der Waals surface area contributed by atoms with Crippen LogP contribution in [0.2, 0.25) is 0 Å². The molecule has 2 aromatic heterocycles. The Labute approximate surface area is 179 Å². The van der Waals surface area contributed by atoms with Crippen LogP contribution in [0.25, 0.3) is 16.6 Å². The van der Waals surface area contributed by atoms with Gasteiger partial charge in [-0.15, -0.1) is 5.10 Å². The van der Waals surface area contributed by atoms with E-state index in [4.69, 9.17) is 10.2 Å². The number of aromatic nitrogens is 4. The minimum atomic E-state index is -3.62. The summed E-state index contributed by atoms with van der Waals surface area (Å²) in [5.41, 5.74) is 1.99. The molecule has 0 bridgehead atoms. The topological polar surface area (TPSA) is 107 Å². The summed E-state index contributed by atoms with van der Waals surface area (Å²) in [6, 6.07) is 15.8. The number of nitrogens with zero attached hydrogens (tertiary/aromatic N) is 7. The Kier molecular flexibility index (Phi) is 4.57. The monoisotopic (exact) mass is 433 g/mol. The van der Waals surface area contributed by atoms with Crippen LogP contribution in [0.4, 0.5) is 5.95 Å². The Balaban J connectivity index is 1.44. The fourth-order valence-electron chi connectivity index (χ4n) is 3.83. The number of rotatable bonds is 3. The molecule has 31 heavy (non-hydrogen) atoms. The number of anilines is 1. The largest absolute Gasteiger partial charge is 0.338 e. The van der Waals surface area contributed by atoms with E-state index in [1.165, 1.54) is 28.6 Å². The van der Waals surface area contributed by atoms with Crippen molar-refractivity contribution < 1.29 is 8.42 Å². The summed E-state index contributed by atoms with van der Waals surface area (Å²) in [4.78, 5) is 11.6. The Morgan fingerprint density at radius 2 is 1.68 bits per heavy atom. The zero-order valence-corrected chi connectivity index (χ0v) is 17.6. The molecular formula is C21H19N7O2S. The zero-order chi connectivity index (χ0) is 21.6. The molecule has 4 aromatic rings. The average molecular weight is 433 g/mol. The predicted octanol–water partition coefficient (Wildman–Crippen LogP) is 1.97. The molecule has 0 atom stereocenters. The van der Waals surface area contributed by atoms with Crippen LogP contribution in [0, 0.1) is 18.3 Å². The maximum Gasteiger partial charge on any atom is 0.243 e. The second-order valence-corrected chi connectivity index (χ2v) is 9.29. The van der Waals surface area contributed by atoms with Gasteiger partial charge in [0.25, 0.3) is 0 Å². The Morgan fingerprint density at radius 3 is 2.39 bits per heavy atom. The summed E-state index contributed by atoms with van der Waals surface area (Å²) in [5, 5.41) is 14.4. The molecule has 0 amide bonds. The quantitative estimate of drug-likeness (QED) is 0.486. The van der Waals surface area contributed by atoms with Crippen molar-refractivity contribution in [2.75, 3.05) is 31.1 Å². The van der Waals surface area contributed by atoms with Crippen molar-refractivity contribution in [2.45, 2.75) is 11.8 Å². The van der Waals surface area contributed by atoms with E-state index in [2.05, 4.69) is 10.1 Å². The Hall–Kier alpha value is -3.55. The van der Waals surface area contributed by atoms with E-state index in [1.807, 2.05) is 42.2 Å². The summed E-state index contributed by atoms with van der Waals surface area (Å²) in [7, 11) is -3.62. The van der Waals surface area contributed by atoms with Gasteiger partial charge in [-0.3, -0.25) is 0 Å². The fraction of sp³-hybridized carbons (Fsp3) is 0.238. The lowest BCUT2D eigenvalue weighted by molar-refractivity contribution is 0.381. The van der Waals surface area contributed by atoms with Gasteiger partial charge in [0, 0.05) is 31.6 Å². The van der Waals surface area contributed by atoms with E-state index >= 15 is 0 Å².